The minimum absolute atomic E-state index is 0.118. The van der Waals surface area contributed by atoms with Crippen LogP contribution in [-0.4, -0.2) is 54.7 Å². The minimum Gasteiger partial charge on any atom is -0.390 e. The van der Waals surface area contributed by atoms with Gasteiger partial charge in [-0.05, 0) is 54.6 Å². The summed E-state index contributed by atoms with van der Waals surface area (Å²) in [6.45, 7) is 7.63. The highest BCUT2D eigenvalue weighted by atomic mass is 19.1. The number of carbonyl (C=O) groups excluding carboxylic acids is 1. The van der Waals surface area contributed by atoms with E-state index in [-0.39, 0.29) is 24.4 Å². The van der Waals surface area contributed by atoms with Gasteiger partial charge < -0.3 is 20.6 Å². The zero-order chi connectivity index (χ0) is 24.2. The molecule has 2 aromatic rings. The number of likely N-dealkylation sites (N-methyl/N-ethyl adjacent to an activating group) is 1. The number of aliphatic hydroxyl groups excluding tert-OH is 1. The molecule has 180 valence electrons. The van der Waals surface area contributed by atoms with Crippen LogP contribution in [0.15, 0.2) is 42.5 Å². The first-order chi connectivity index (χ1) is 15.6. The summed E-state index contributed by atoms with van der Waals surface area (Å²) in [4.78, 5) is 14.0. The van der Waals surface area contributed by atoms with Gasteiger partial charge in [0, 0.05) is 32.6 Å². The van der Waals surface area contributed by atoms with E-state index in [2.05, 4.69) is 60.7 Å². The molecule has 5 nitrogen and oxygen atoms in total. The summed E-state index contributed by atoms with van der Waals surface area (Å²) in [5, 5.41) is 17.3. The van der Waals surface area contributed by atoms with Crippen LogP contribution in [0.2, 0.25) is 0 Å². The van der Waals surface area contributed by atoms with E-state index >= 15 is 0 Å². The molecule has 0 aromatic heterocycles. The molecule has 0 aliphatic carbocycles. The second kappa shape index (κ2) is 10.7. The Hall–Kier alpha value is -2.35. The summed E-state index contributed by atoms with van der Waals surface area (Å²) in [5.41, 5.74) is 2.48. The van der Waals surface area contributed by atoms with Gasteiger partial charge in [0.15, 0.2) is 0 Å². The highest BCUT2D eigenvalue weighted by Crippen LogP contribution is 2.33. The van der Waals surface area contributed by atoms with Gasteiger partial charge in [0.25, 0.3) is 0 Å². The third-order valence-electron chi connectivity index (χ3n) is 6.45. The van der Waals surface area contributed by atoms with Gasteiger partial charge in [-0.1, -0.05) is 38.1 Å². The molecule has 33 heavy (non-hydrogen) atoms. The number of likely N-dealkylation sites (tertiary alicyclic amines) is 1. The largest absolute Gasteiger partial charge is 0.390 e. The molecule has 1 aliphatic rings. The number of carbonyl (C=O) groups is 1. The zero-order valence-electron chi connectivity index (χ0n) is 19.9. The van der Waals surface area contributed by atoms with E-state index < -0.39 is 23.8 Å². The highest BCUT2D eigenvalue weighted by molar-refractivity contribution is 5.73. The van der Waals surface area contributed by atoms with E-state index in [9.17, 15) is 18.7 Å². The van der Waals surface area contributed by atoms with Gasteiger partial charge in [-0.3, -0.25) is 4.79 Å². The standard InChI is InChI=1S/C26H35F2N3O2/c1-17(2)20-6-5-7-21(13-20)26(8-9-31(4)16-26)29-15-25(33)24(30-18(3)32)12-19-10-22(27)14-23(28)11-19/h5-7,10-11,13-14,17,24-25,29,33H,8-9,12,15-16H2,1-4H3,(H,30,32)/t24-,25+,26?/m0/s1. The van der Waals surface area contributed by atoms with Crippen molar-refractivity contribution in [2.24, 2.45) is 0 Å². The molecule has 1 heterocycles. The number of nitrogens with one attached hydrogen (secondary N) is 2. The number of benzene rings is 2. The van der Waals surface area contributed by atoms with Crippen molar-refractivity contribution < 1.29 is 18.7 Å². The number of halogens is 2. The molecular formula is C26H35F2N3O2. The maximum Gasteiger partial charge on any atom is 0.217 e. The summed E-state index contributed by atoms with van der Waals surface area (Å²) in [6, 6.07) is 11.1. The van der Waals surface area contributed by atoms with Gasteiger partial charge in [0.1, 0.15) is 11.6 Å². The molecule has 3 N–H and O–H groups in total. The fraction of sp³-hybridized carbons (Fsp3) is 0.500. The van der Waals surface area contributed by atoms with E-state index in [1.165, 1.54) is 30.2 Å². The number of hydrogen-bond donors (Lipinski definition) is 3. The van der Waals surface area contributed by atoms with Gasteiger partial charge >= 0.3 is 0 Å². The van der Waals surface area contributed by atoms with Crippen LogP contribution < -0.4 is 10.6 Å². The quantitative estimate of drug-likeness (QED) is 0.538. The Bertz CT molecular complexity index is 948. The summed E-state index contributed by atoms with van der Waals surface area (Å²) in [7, 11) is 2.07. The zero-order valence-corrected chi connectivity index (χ0v) is 19.9. The summed E-state index contributed by atoms with van der Waals surface area (Å²) in [5.74, 6) is -1.27. The average molecular weight is 460 g/mol. The average Bonchev–Trinajstić information content (AvgIpc) is 3.12. The van der Waals surface area contributed by atoms with Crippen molar-refractivity contribution in [2.75, 3.05) is 26.7 Å². The van der Waals surface area contributed by atoms with Crippen LogP contribution in [0.4, 0.5) is 8.78 Å². The fourth-order valence-corrected chi connectivity index (χ4v) is 4.65. The van der Waals surface area contributed by atoms with Crippen LogP contribution >= 0.6 is 0 Å². The Labute approximate surface area is 195 Å². The Morgan fingerprint density at radius 3 is 2.45 bits per heavy atom. The third-order valence-corrected chi connectivity index (χ3v) is 6.45. The lowest BCUT2D eigenvalue weighted by molar-refractivity contribution is -0.120. The van der Waals surface area contributed by atoms with Gasteiger partial charge in [-0.15, -0.1) is 0 Å². The Balaban J connectivity index is 1.79. The first kappa shape index (κ1) is 25.3. The number of rotatable bonds is 9. The molecule has 1 fully saturated rings. The molecule has 0 spiro atoms. The van der Waals surface area contributed by atoms with Crippen molar-refractivity contribution in [3.63, 3.8) is 0 Å². The topological polar surface area (TPSA) is 64.6 Å². The second-order valence-corrected chi connectivity index (χ2v) is 9.59. The molecular weight excluding hydrogens is 424 g/mol. The molecule has 1 amide bonds. The van der Waals surface area contributed by atoms with Crippen LogP contribution in [0.1, 0.15) is 49.8 Å². The Kier molecular flexibility index (Phi) is 8.21. The number of hydrogen-bond acceptors (Lipinski definition) is 4. The molecule has 0 bridgehead atoms. The van der Waals surface area contributed by atoms with E-state index in [0.717, 1.165) is 25.6 Å². The lowest BCUT2D eigenvalue weighted by Crippen LogP contribution is -2.53. The second-order valence-electron chi connectivity index (χ2n) is 9.59. The Morgan fingerprint density at radius 1 is 1.18 bits per heavy atom. The van der Waals surface area contributed by atoms with Gasteiger partial charge in [0.05, 0.1) is 17.7 Å². The first-order valence-corrected chi connectivity index (χ1v) is 11.5. The SMILES string of the molecule is CC(=O)N[C@@H](Cc1cc(F)cc(F)c1)[C@H](O)CNC1(c2cccc(C(C)C)c2)CCN(C)C1. The molecule has 0 radical (unpaired) electrons. The molecule has 0 saturated carbocycles. The normalized spacial score (nSPS) is 20.7. The van der Waals surface area contributed by atoms with Crippen molar-refractivity contribution in [1.29, 1.82) is 0 Å². The van der Waals surface area contributed by atoms with Crippen molar-refractivity contribution in [1.82, 2.24) is 15.5 Å². The maximum atomic E-state index is 13.7. The highest BCUT2D eigenvalue weighted by Gasteiger charge is 2.39. The monoisotopic (exact) mass is 459 g/mol. The van der Waals surface area contributed by atoms with Crippen molar-refractivity contribution in [2.45, 2.75) is 57.2 Å². The molecule has 1 aliphatic heterocycles. The number of amides is 1. The number of aliphatic hydroxyl groups is 1. The maximum absolute atomic E-state index is 13.7. The molecule has 1 saturated heterocycles. The number of nitrogens with zero attached hydrogens (tertiary/aromatic N) is 1. The van der Waals surface area contributed by atoms with E-state index in [1.54, 1.807) is 0 Å². The van der Waals surface area contributed by atoms with Crippen molar-refractivity contribution in [3.05, 3.63) is 70.8 Å². The Morgan fingerprint density at radius 2 is 1.88 bits per heavy atom. The van der Waals surface area contributed by atoms with Crippen LogP contribution in [0, 0.1) is 11.6 Å². The van der Waals surface area contributed by atoms with Crippen LogP contribution in [0.3, 0.4) is 0 Å². The molecule has 1 unspecified atom stereocenters. The van der Waals surface area contributed by atoms with Gasteiger partial charge in [-0.2, -0.15) is 0 Å². The lowest BCUT2D eigenvalue weighted by Gasteiger charge is -2.34. The first-order valence-electron chi connectivity index (χ1n) is 11.5. The van der Waals surface area contributed by atoms with Gasteiger partial charge in [-0.25, -0.2) is 8.78 Å². The van der Waals surface area contributed by atoms with Crippen molar-refractivity contribution in [3.8, 4) is 0 Å². The van der Waals surface area contributed by atoms with Gasteiger partial charge in [0.2, 0.25) is 5.91 Å². The smallest absolute Gasteiger partial charge is 0.217 e. The fourth-order valence-electron chi connectivity index (χ4n) is 4.65. The van der Waals surface area contributed by atoms with E-state index in [0.29, 0.717) is 11.5 Å². The predicted molar refractivity (Wildman–Crippen MR) is 126 cm³/mol. The van der Waals surface area contributed by atoms with Crippen LogP contribution in [-0.2, 0) is 16.8 Å². The molecule has 2 aromatic carbocycles. The third kappa shape index (κ3) is 6.59. The molecule has 3 rings (SSSR count). The summed E-state index contributed by atoms with van der Waals surface area (Å²) >= 11 is 0. The molecule has 7 heteroatoms. The van der Waals surface area contributed by atoms with E-state index in [1.807, 2.05) is 0 Å². The van der Waals surface area contributed by atoms with Crippen molar-refractivity contribution >= 4 is 5.91 Å². The lowest BCUT2D eigenvalue weighted by atomic mass is 9.86. The minimum atomic E-state index is -0.948. The molecule has 3 atom stereocenters. The summed E-state index contributed by atoms with van der Waals surface area (Å²) in [6.07, 6.45) is 0.0566. The van der Waals surface area contributed by atoms with Crippen LogP contribution in [0.5, 0.6) is 0 Å². The summed E-state index contributed by atoms with van der Waals surface area (Å²) < 4.78 is 27.3. The van der Waals surface area contributed by atoms with Crippen LogP contribution in [0.25, 0.3) is 0 Å². The predicted octanol–water partition coefficient (Wildman–Crippen LogP) is 3.32. The van der Waals surface area contributed by atoms with E-state index in [4.69, 9.17) is 0 Å².